The average molecular weight is 434 g/mol. The highest BCUT2D eigenvalue weighted by molar-refractivity contribution is 8.13. The Kier molecular flexibility index (Phi) is 8.11. The third kappa shape index (κ3) is 5.71. The van der Waals surface area contributed by atoms with Gasteiger partial charge >= 0.3 is 0 Å². The number of rotatable bonds is 12. The van der Waals surface area contributed by atoms with Gasteiger partial charge in [0, 0.05) is 44.0 Å². The molecule has 0 bridgehead atoms. The second-order valence-electron chi connectivity index (χ2n) is 9.07. The van der Waals surface area contributed by atoms with E-state index in [9.17, 15) is 9.59 Å². The summed E-state index contributed by atoms with van der Waals surface area (Å²) in [7, 11) is 1.56. The maximum absolute atomic E-state index is 12.9. The summed E-state index contributed by atoms with van der Waals surface area (Å²) in [6, 6.07) is 2.14. The van der Waals surface area contributed by atoms with Crippen LogP contribution >= 0.6 is 11.8 Å². The summed E-state index contributed by atoms with van der Waals surface area (Å²) in [5.41, 5.74) is 2.59. The minimum atomic E-state index is -1.05. The summed E-state index contributed by atoms with van der Waals surface area (Å²) < 4.78 is 11.2. The van der Waals surface area contributed by atoms with Crippen LogP contribution in [0.25, 0.3) is 0 Å². The maximum Gasteiger partial charge on any atom is 0.185 e. The van der Waals surface area contributed by atoms with Crippen LogP contribution in [0.4, 0.5) is 0 Å². The quantitative estimate of drug-likeness (QED) is 0.456. The Balaban J connectivity index is 1.81. The van der Waals surface area contributed by atoms with Crippen molar-refractivity contribution < 1.29 is 19.1 Å². The van der Waals surface area contributed by atoms with Crippen LogP contribution in [0.3, 0.4) is 0 Å². The van der Waals surface area contributed by atoms with Crippen molar-refractivity contribution in [1.82, 2.24) is 4.98 Å². The molecule has 2 aliphatic carbocycles. The van der Waals surface area contributed by atoms with Crippen LogP contribution in [0, 0.1) is 17.8 Å². The number of nitrogens with zero attached hydrogens (tertiary/aromatic N) is 1. The van der Waals surface area contributed by atoms with Crippen LogP contribution in [-0.2, 0) is 38.3 Å². The standard InChI is InChI=1S/C24H35NO4S/c1-16(14-30-18(3)27)24(17(2)26,29-15-28-4)13-23-22-12-20(8-7-19-5-6-19)11-21(22)9-10-25-23/h9-10,16,19-20H,5-8,11-15H2,1-4H3. The molecule has 30 heavy (non-hydrogen) atoms. The van der Waals surface area contributed by atoms with Crippen LogP contribution < -0.4 is 0 Å². The Morgan fingerprint density at radius 1 is 1.23 bits per heavy atom. The molecule has 0 N–H and O–H groups in total. The number of carbonyl (C=O) groups excluding carboxylic acids is 2. The van der Waals surface area contributed by atoms with Gasteiger partial charge in [0.25, 0.3) is 0 Å². The van der Waals surface area contributed by atoms with Gasteiger partial charge in [0.15, 0.2) is 10.9 Å². The average Bonchev–Trinajstić information content (AvgIpc) is 3.44. The summed E-state index contributed by atoms with van der Waals surface area (Å²) >= 11 is 1.24. The number of aromatic nitrogens is 1. The Hall–Kier alpha value is -1.24. The SMILES string of the molecule is COCOC(Cc1nccc2c1CC(CCC1CC1)C2)(C(C)=O)C(C)CSC(C)=O. The molecule has 1 fully saturated rings. The molecule has 2 aliphatic rings. The molecule has 3 rings (SSSR count). The van der Waals surface area contributed by atoms with E-state index in [0.717, 1.165) is 24.5 Å². The van der Waals surface area contributed by atoms with Crippen molar-refractivity contribution in [3.05, 3.63) is 29.1 Å². The van der Waals surface area contributed by atoms with Crippen LogP contribution in [0.15, 0.2) is 12.3 Å². The van der Waals surface area contributed by atoms with E-state index in [1.165, 1.54) is 48.6 Å². The normalized spacial score (nSPS) is 21.1. The van der Waals surface area contributed by atoms with Gasteiger partial charge in [-0.2, -0.15) is 0 Å². The molecule has 6 heteroatoms. The molecule has 0 aromatic carbocycles. The predicted octanol–water partition coefficient (Wildman–Crippen LogP) is 4.39. The largest absolute Gasteiger partial charge is 0.359 e. The van der Waals surface area contributed by atoms with Crippen molar-refractivity contribution in [3.63, 3.8) is 0 Å². The zero-order valence-corrected chi connectivity index (χ0v) is 19.6. The molecule has 1 saturated carbocycles. The van der Waals surface area contributed by atoms with Gasteiger partial charge in [-0.15, -0.1) is 0 Å². The van der Waals surface area contributed by atoms with E-state index in [0.29, 0.717) is 18.1 Å². The molecular weight excluding hydrogens is 398 g/mol. The Bertz CT molecular complexity index is 764. The minimum absolute atomic E-state index is 0.0354. The number of ether oxygens (including phenoxy) is 2. The molecule has 0 amide bonds. The number of carbonyl (C=O) groups is 2. The minimum Gasteiger partial charge on any atom is -0.359 e. The first-order chi connectivity index (χ1) is 14.4. The lowest BCUT2D eigenvalue weighted by molar-refractivity contribution is -0.171. The van der Waals surface area contributed by atoms with Gasteiger partial charge in [-0.1, -0.05) is 37.9 Å². The van der Waals surface area contributed by atoms with E-state index in [1.54, 1.807) is 21.0 Å². The molecule has 3 unspecified atom stereocenters. The molecule has 0 aliphatic heterocycles. The van der Waals surface area contributed by atoms with Gasteiger partial charge < -0.3 is 9.47 Å². The number of hydrogen-bond acceptors (Lipinski definition) is 6. The van der Waals surface area contributed by atoms with Crippen molar-refractivity contribution in [3.8, 4) is 0 Å². The van der Waals surface area contributed by atoms with Gasteiger partial charge in [-0.05, 0) is 55.2 Å². The second kappa shape index (κ2) is 10.4. The van der Waals surface area contributed by atoms with Crippen LogP contribution in [0.2, 0.25) is 0 Å². The van der Waals surface area contributed by atoms with Crippen molar-refractivity contribution in [2.45, 2.75) is 71.3 Å². The fraction of sp³-hybridized carbons (Fsp3) is 0.708. The van der Waals surface area contributed by atoms with Crippen LogP contribution in [-0.4, -0.2) is 41.1 Å². The van der Waals surface area contributed by atoms with E-state index in [2.05, 4.69) is 6.07 Å². The van der Waals surface area contributed by atoms with E-state index >= 15 is 0 Å². The Morgan fingerprint density at radius 3 is 2.60 bits per heavy atom. The molecule has 5 nitrogen and oxygen atoms in total. The number of hydrogen-bond donors (Lipinski definition) is 0. The van der Waals surface area contributed by atoms with E-state index in [-0.39, 0.29) is 23.6 Å². The van der Waals surface area contributed by atoms with Crippen molar-refractivity contribution in [1.29, 1.82) is 0 Å². The summed E-state index contributed by atoms with van der Waals surface area (Å²) in [6.45, 7) is 5.14. The number of methoxy groups -OCH3 is 1. The first-order valence-corrected chi connectivity index (χ1v) is 12.1. The monoisotopic (exact) mass is 433 g/mol. The molecule has 166 valence electrons. The fourth-order valence-electron chi connectivity index (χ4n) is 4.66. The fourth-order valence-corrected chi connectivity index (χ4v) is 5.41. The number of Topliss-reactive ketones (excluding diaryl/α,β-unsaturated/α-hetero) is 1. The summed E-state index contributed by atoms with van der Waals surface area (Å²) in [5, 5.41) is 0.0447. The first-order valence-electron chi connectivity index (χ1n) is 11.1. The van der Waals surface area contributed by atoms with E-state index in [4.69, 9.17) is 14.5 Å². The highest BCUT2D eigenvalue weighted by Gasteiger charge is 2.44. The molecule has 3 atom stereocenters. The highest BCUT2D eigenvalue weighted by atomic mass is 32.2. The van der Waals surface area contributed by atoms with Crippen LogP contribution in [0.1, 0.15) is 63.3 Å². The third-order valence-electron chi connectivity index (χ3n) is 6.72. The topological polar surface area (TPSA) is 65.5 Å². The highest BCUT2D eigenvalue weighted by Crippen LogP contribution is 2.39. The number of pyridine rings is 1. The smallest absolute Gasteiger partial charge is 0.185 e. The lowest BCUT2D eigenvalue weighted by Crippen LogP contribution is -2.50. The zero-order valence-electron chi connectivity index (χ0n) is 18.7. The van der Waals surface area contributed by atoms with Gasteiger partial charge in [0.05, 0.1) is 0 Å². The van der Waals surface area contributed by atoms with E-state index < -0.39 is 5.60 Å². The Morgan fingerprint density at radius 2 is 1.97 bits per heavy atom. The first kappa shape index (κ1) is 23.4. The van der Waals surface area contributed by atoms with E-state index in [1.807, 2.05) is 13.1 Å². The van der Waals surface area contributed by atoms with Gasteiger partial charge in [0.1, 0.15) is 12.4 Å². The van der Waals surface area contributed by atoms with Gasteiger partial charge in [-0.25, -0.2) is 0 Å². The molecule has 0 saturated heterocycles. The maximum atomic E-state index is 12.9. The summed E-state index contributed by atoms with van der Waals surface area (Å²) in [4.78, 5) is 29.1. The van der Waals surface area contributed by atoms with Crippen molar-refractivity contribution in [2.75, 3.05) is 19.7 Å². The second-order valence-corrected chi connectivity index (χ2v) is 10.3. The van der Waals surface area contributed by atoms with Crippen molar-refractivity contribution >= 4 is 22.7 Å². The lowest BCUT2D eigenvalue weighted by Gasteiger charge is -2.36. The van der Waals surface area contributed by atoms with Gasteiger partial charge in [-0.3, -0.25) is 14.6 Å². The number of thioether (sulfide) groups is 1. The lowest BCUT2D eigenvalue weighted by atomic mass is 9.81. The number of ketones is 1. The number of fused-ring (bicyclic) bond motifs is 1. The molecule has 1 aromatic heterocycles. The summed E-state index contributed by atoms with van der Waals surface area (Å²) in [6.07, 6.45) is 9.87. The van der Waals surface area contributed by atoms with Crippen LogP contribution in [0.5, 0.6) is 0 Å². The Labute approximate surface area is 184 Å². The molecule has 0 radical (unpaired) electrons. The molecule has 1 aromatic rings. The van der Waals surface area contributed by atoms with Crippen molar-refractivity contribution in [2.24, 2.45) is 17.8 Å². The molecule has 0 spiro atoms. The predicted molar refractivity (Wildman–Crippen MR) is 119 cm³/mol. The van der Waals surface area contributed by atoms with Gasteiger partial charge in [0.2, 0.25) is 0 Å². The zero-order chi connectivity index (χ0) is 21.7. The summed E-state index contributed by atoms with van der Waals surface area (Å²) in [5.74, 6) is 1.97. The molecular formula is C24H35NO4S. The molecule has 1 heterocycles. The third-order valence-corrected chi connectivity index (χ3v) is 7.79.